The van der Waals surface area contributed by atoms with E-state index >= 15 is 0 Å². The van der Waals surface area contributed by atoms with Crippen molar-refractivity contribution < 1.29 is 4.92 Å². The maximum atomic E-state index is 11.8. The first-order chi connectivity index (χ1) is 8.52. The lowest BCUT2D eigenvalue weighted by molar-refractivity contribution is -0.387. The van der Waals surface area contributed by atoms with Crippen molar-refractivity contribution in [3.63, 3.8) is 0 Å². The van der Waals surface area contributed by atoms with Crippen molar-refractivity contribution >= 4 is 5.69 Å². The molecule has 2 heterocycles. The Morgan fingerprint density at radius 1 is 1.28 bits per heavy atom. The first-order valence-corrected chi connectivity index (χ1v) is 4.90. The van der Waals surface area contributed by atoms with E-state index in [9.17, 15) is 19.7 Å². The van der Waals surface area contributed by atoms with Gasteiger partial charge in [-0.3, -0.25) is 29.0 Å². The molecule has 8 nitrogen and oxygen atoms in total. The summed E-state index contributed by atoms with van der Waals surface area (Å²) in [5.41, 5.74) is -1.85. The number of nitro groups is 1. The van der Waals surface area contributed by atoms with Crippen molar-refractivity contribution in [3.05, 3.63) is 61.7 Å². The SMILES string of the molecule is Cn1c(=O)c([N+](=O)[O-])cn(-c2ccncc2)c1=O. The van der Waals surface area contributed by atoms with Gasteiger partial charge in [0.25, 0.3) is 0 Å². The van der Waals surface area contributed by atoms with E-state index in [0.717, 1.165) is 10.8 Å². The van der Waals surface area contributed by atoms with Gasteiger partial charge in [-0.15, -0.1) is 0 Å². The first kappa shape index (κ1) is 11.7. The van der Waals surface area contributed by atoms with Crippen LogP contribution in [0.4, 0.5) is 5.69 Å². The third-order valence-corrected chi connectivity index (χ3v) is 2.41. The van der Waals surface area contributed by atoms with Crippen LogP contribution < -0.4 is 11.2 Å². The van der Waals surface area contributed by atoms with Gasteiger partial charge in [-0.1, -0.05) is 0 Å². The molecule has 0 aromatic carbocycles. The Balaban J connectivity index is 2.82. The molecule has 2 aromatic heterocycles. The zero-order valence-electron chi connectivity index (χ0n) is 9.31. The number of aromatic nitrogens is 3. The van der Waals surface area contributed by atoms with E-state index in [1.807, 2.05) is 0 Å². The van der Waals surface area contributed by atoms with Gasteiger partial charge in [-0.25, -0.2) is 4.79 Å². The number of nitrogens with zero attached hydrogens (tertiary/aromatic N) is 4. The highest BCUT2D eigenvalue weighted by molar-refractivity contribution is 5.33. The second-order valence-corrected chi connectivity index (χ2v) is 3.49. The normalized spacial score (nSPS) is 10.3. The summed E-state index contributed by atoms with van der Waals surface area (Å²) in [5.74, 6) is 0. The van der Waals surface area contributed by atoms with E-state index in [4.69, 9.17) is 0 Å². The molecule has 2 rings (SSSR count). The Hall–Kier alpha value is -2.77. The molecule has 92 valence electrons. The van der Waals surface area contributed by atoms with Crippen LogP contribution in [-0.2, 0) is 7.05 Å². The largest absolute Gasteiger partial charge is 0.350 e. The van der Waals surface area contributed by atoms with Crippen LogP contribution >= 0.6 is 0 Å². The van der Waals surface area contributed by atoms with Crippen LogP contribution in [0.2, 0.25) is 0 Å². The van der Waals surface area contributed by atoms with E-state index in [2.05, 4.69) is 4.98 Å². The van der Waals surface area contributed by atoms with E-state index < -0.39 is 21.9 Å². The minimum atomic E-state index is -0.935. The van der Waals surface area contributed by atoms with Crippen LogP contribution in [0.5, 0.6) is 0 Å². The third kappa shape index (κ3) is 1.79. The molecule has 2 aromatic rings. The molecule has 0 fully saturated rings. The molecule has 0 spiro atoms. The molecule has 0 unspecified atom stereocenters. The predicted octanol–water partition coefficient (Wildman–Crippen LogP) is -0.161. The lowest BCUT2D eigenvalue weighted by Crippen LogP contribution is -2.37. The molecule has 0 aliphatic rings. The zero-order chi connectivity index (χ0) is 13.3. The molecule has 0 N–H and O–H groups in total. The van der Waals surface area contributed by atoms with Gasteiger partial charge in [0.2, 0.25) is 0 Å². The van der Waals surface area contributed by atoms with Gasteiger partial charge in [0.05, 0.1) is 16.8 Å². The van der Waals surface area contributed by atoms with Crippen molar-refractivity contribution in [2.24, 2.45) is 7.05 Å². The number of rotatable bonds is 2. The average Bonchev–Trinajstić information content (AvgIpc) is 2.37. The third-order valence-electron chi connectivity index (χ3n) is 2.41. The van der Waals surface area contributed by atoms with E-state index in [1.54, 1.807) is 0 Å². The van der Waals surface area contributed by atoms with E-state index in [1.165, 1.54) is 31.6 Å². The van der Waals surface area contributed by atoms with Crippen molar-refractivity contribution in [1.82, 2.24) is 14.1 Å². The molecule has 18 heavy (non-hydrogen) atoms. The fourth-order valence-electron chi connectivity index (χ4n) is 1.47. The fourth-order valence-corrected chi connectivity index (χ4v) is 1.47. The van der Waals surface area contributed by atoms with Gasteiger partial charge in [0, 0.05) is 19.4 Å². The van der Waals surface area contributed by atoms with Crippen LogP contribution in [0.1, 0.15) is 0 Å². The molecule has 0 bridgehead atoms. The summed E-state index contributed by atoms with van der Waals surface area (Å²) in [4.78, 5) is 37.1. The monoisotopic (exact) mass is 248 g/mol. The molecular weight excluding hydrogens is 240 g/mol. The van der Waals surface area contributed by atoms with Crippen LogP contribution in [0.3, 0.4) is 0 Å². The smallest absolute Gasteiger partial charge is 0.265 e. The van der Waals surface area contributed by atoms with E-state index in [0.29, 0.717) is 10.3 Å². The molecule has 0 saturated heterocycles. The first-order valence-electron chi connectivity index (χ1n) is 4.90. The van der Waals surface area contributed by atoms with Crippen molar-refractivity contribution in [3.8, 4) is 5.69 Å². The minimum absolute atomic E-state index is 0.397. The van der Waals surface area contributed by atoms with Crippen LogP contribution in [0.15, 0.2) is 40.3 Å². The Morgan fingerprint density at radius 2 is 1.89 bits per heavy atom. The van der Waals surface area contributed by atoms with Gasteiger partial charge in [-0.2, -0.15) is 0 Å². The zero-order valence-corrected chi connectivity index (χ0v) is 9.31. The number of pyridine rings is 1. The second kappa shape index (κ2) is 4.24. The number of hydrogen-bond donors (Lipinski definition) is 0. The quantitative estimate of drug-likeness (QED) is 0.543. The Bertz CT molecular complexity index is 717. The highest BCUT2D eigenvalue weighted by atomic mass is 16.6. The molecule has 0 atom stereocenters. The Morgan fingerprint density at radius 3 is 2.44 bits per heavy atom. The predicted molar refractivity (Wildman–Crippen MR) is 61.7 cm³/mol. The summed E-state index contributed by atoms with van der Waals surface area (Å²) in [6.45, 7) is 0. The molecular formula is C10H8N4O4. The maximum absolute atomic E-state index is 11.8. The lowest BCUT2D eigenvalue weighted by Gasteiger charge is -2.06. The van der Waals surface area contributed by atoms with Gasteiger partial charge in [0.15, 0.2) is 0 Å². The lowest BCUT2D eigenvalue weighted by atomic mass is 10.4. The Kier molecular flexibility index (Phi) is 2.76. The standard InChI is InChI=1S/C10H8N4O4/c1-12-9(15)8(14(17)18)6-13(10(12)16)7-2-4-11-5-3-7/h2-6H,1H3. The Labute approximate surface area is 99.9 Å². The van der Waals surface area contributed by atoms with Gasteiger partial charge in [-0.05, 0) is 12.1 Å². The molecule has 0 amide bonds. The molecule has 8 heteroatoms. The highest BCUT2D eigenvalue weighted by Crippen LogP contribution is 2.06. The summed E-state index contributed by atoms with van der Waals surface area (Å²) < 4.78 is 1.72. The van der Waals surface area contributed by atoms with Crippen molar-refractivity contribution in [2.45, 2.75) is 0 Å². The van der Waals surface area contributed by atoms with Gasteiger partial charge in [0.1, 0.15) is 0 Å². The van der Waals surface area contributed by atoms with Crippen LogP contribution in [-0.4, -0.2) is 19.0 Å². The topological polar surface area (TPSA) is 100 Å². The van der Waals surface area contributed by atoms with Gasteiger partial charge >= 0.3 is 16.9 Å². The average molecular weight is 248 g/mol. The van der Waals surface area contributed by atoms with Crippen molar-refractivity contribution in [1.29, 1.82) is 0 Å². The molecule has 0 radical (unpaired) electrons. The van der Waals surface area contributed by atoms with E-state index in [-0.39, 0.29) is 0 Å². The number of hydrogen-bond acceptors (Lipinski definition) is 5. The van der Waals surface area contributed by atoms with Gasteiger partial charge < -0.3 is 0 Å². The summed E-state index contributed by atoms with van der Waals surface area (Å²) in [6.07, 6.45) is 3.80. The molecule has 0 saturated carbocycles. The summed E-state index contributed by atoms with van der Waals surface area (Å²) in [6, 6.07) is 3.02. The second-order valence-electron chi connectivity index (χ2n) is 3.49. The highest BCUT2D eigenvalue weighted by Gasteiger charge is 2.18. The van der Waals surface area contributed by atoms with Crippen LogP contribution in [0, 0.1) is 10.1 Å². The molecule has 0 aliphatic carbocycles. The summed E-state index contributed by atoms with van der Waals surface area (Å²) in [7, 11) is 1.19. The van der Waals surface area contributed by atoms with Crippen molar-refractivity contribution in [2.75, 3.05) is 0 Å². The fraction of sp³-hybridized carbons (Fsp3) is 0.100. The summed E-state index contributed by atoms with van der Waals surface area (Å²) in [5, 5.41) is 10.7. The van der Waals surface area contributed by atoms with Crippen LogP contribution in [0.25, 0.3) is 5.69 Å². The minimum Gasteiger partial charge on any atom is -0.265 e. The maximum Gasteiger partial charge on any atom is 0.350 e. The summed E-state index contributed by atoms with van der Waals surface area (Å²) >= 11 is 0. The molecule has 0 aliphatic heterocycles.